The monoisotopic (exact) mass is 258 g/mol. The molecule has 0 spiro atoms. The lowest BCUT2D eigenvalue weighted by molar-refractivity contribution is -0.125. The molecule has 1 amide bonds. The zero-order valence-corrected chi connectivity index (χ0v) is 11.7. The summed E-state index contributed by atoms with van der Waals surface area (Å²) in [4.78, 5) is 14.3. The van der Waals surface area contributed by atoms with Crippen LogP contribution < -0.4 is 5.32 Å². The van der Waals surface area contributed by atoms with Gasteiger partial charge in [0.25, 0.3) is 0 Å². The van der Waals surface area contributed by atoms with Crippen molar-refractivity contribution in [3.8, 4) is 0 Å². The average molecular weight is 258 g/mol. The lowest BCUT2D eigenvalue weighted by Gasteiger charge is -2.24. The molecule has 3 heteroatoms. The van der Waals surface area contributed by atoms with Gasteiger partial charge in [0, 0.05) is 18.0 Å². The first-order valence-electron chi connectivity index (χ1n) is 7.24. The van der Waals surface area contributed by atoms with E-state index in [0.29, 0.717) is 18.0 Å². The number of carbonyl (C=O) groups excluding carboxylic acids is 1. The van der Waals surface area contributed by atoms with Gasteiger partial charge in [0.2, 0.25) is 5.91 Å². The van der Waals surface area contributed by atoms with Crippen LogP contribution in [0.15, 0.2) is 30.3 Å². The summed E-state index contributed by atoms with van der Waals surface area (Å²) in [6.45, 7) is 2.01. The van der Waals surface area contributed by atoms with Crippen LogP contribution >= 0.6 is 0 Å². The van der Waals surface area contributed by atoms with Gasteiger partial charge in [-0.25, -0.2) is 0 Å². The highest BCUT2D eigenvalue weighted by Crippen LogP contribution is 2.44. The number of likely N-dealkylation sites (N-methyl/N-ethyl adjacent to an activating group) is 1. The van der Waals surface area contributed by atoms with Crippen molar-refractivity contribution < 1.29 is 4.79 Å². The molecule has 3 atom stereocenters. The Morgan fingerprint density at radius 1 is 1.32 bits per heavy atom. The van der Waals surface area contributed by atoms with Gasteiger partial charge in [0.1, 0.15) is 0 Å². The SMILES string of the molecule is CC(C(=O)NC1CC1)N(C)[C@H]1CC1c1ccccc1. The Kier molecular flexibility index (Phi) is 3.31. The first kappa shape index (κ1) is 12.7. The summed E-state index contributed by atoms with van der Waals surface area (Å²) in [6, 6.07) is 11.5. The predicted octanol–water partition coefficient (Wildman–Crippen LogP) is 2.14. The van der Waals surface area contributed by atoms with Gasteiger partial charge in [0.15, 0.2) is 0 Å². The second kappa shape index (κ2) is 4.97. The second-order valence-electron chi connectivity index (χ2n) is 5.94. The molecule has 0 bridgehead atoms. The van der Waals surface area contributed by atoms with E-state index in [9.17, 15) is 4.79 Å². The van der Waals surface area contributed by atoms with Crippen molar-refractivity contribution in [2.24, 2.45) is 0 Å². The molecule has 1 aromatic carbocycles. The quantitative estimate of drug-likeness (QED) is 0.877. The molecular formula is C16H22N2O. The standard InChI is InChI=1S/C16H22N2O/c1-11(16(19)17-13-8-9-13)18(2)15-10-14(15)12-6-4-3-5-7-12/h3-7,11,13-15H,8-10H2,1-2H3,(H,17,19)/t11?,14?,15-/m0/s1. The van der Waals surface area contributed by atoms with E-state index in [4.69, 9.17) is 0 Å². The lowest BCUT2D eigenvalue weighted by Crippen LogP contribution is -2.45. The topological polar surface area (TPSA) is 32.3 Å². The molecule has 0 heterocycles. The smallest absolute Gasteiger partial charge is 0.237 e. The molecule has 3 rings (SSSR count). The molecule has 2 aliphatic carbocycles. The molecule has 0 radical (unpaired) electrons. The molecule has 19 heavy (non-hydrogen) atoms. The Morgan fingerprint density at radius 2 is 2.00 bits per heavy atom. The van der Waals surface area contributed by atoms with Crippen LogP contribution in [0.1, 0.15) is 37.7 Å². The van der Waals surface area contributed by atoms with Crippen molar-refractivity contribution in [3.63, 3.8) is 0 Å². The van der Waals surface area contributed by atoms with Gasteiger partial charge in [-0.05, 0) is 38.8 Å². The third-order valence-electron chi connectivity index (χ3n) is 4.42. The fraction of sp³-hybridized carbons (Fsp3) is 0.562. The van der Waals surface area contributed by atoms with E-state index in [1.807, 2.05) is 6.92 Å². The van der Waals surface area contributed by atoms with Crippen molar-refractivity contribution in [1.82, 2.24) is 10.2 Å². The van der Waals surface area contributed by atoms with Gasteiger partial charge in [-0.3, -0.25) is 9.69 Å². The molecule has 102 valence electrons. The maximum atomic E-state index is 12.1. The number of nitrogens with one attached hydrogen (secondary N) is 1. The van der Waals surface area contributed by atoms with E-state index in [1.165, 1.54) is 12.0 Å². The van der Waals surface area contributed by atoms with Crippen molar-refractivity contribution in [1.29, 1.82) is 0 Å². The van der Waals surface area contributed by atoms with Crippen LogP contribution in [0.3, 0.4) is 0 Å². The fourth-order valence-electron chi connectivity index (χ4n) is 2.71. The molecule has 1 aromatic rings. The van der Waals surface area contributed by atoms with Crippen LogP contribution in [0.4, 0.5) is 0 Å². The normalized spacial score (nSPS) is 27.1. The molecule has 3 nitrogen and oxygen atoms in total. The number of hydrogen-bond acceptors (Lipinski definition) is 2. The van der Waals surface area contributed by atoms with E-state index in [2.05, 4.69) is 47.6 Å². The molecule has 0 aromatic heterocycles. The van der Waals surface area contributed by atoms with Crippen LogP contribution in [0.5, 0.6) is 0 Å². The third-order valence-corrected chi connectivity index (χ3v) is 4.42. The molecule has 2 unspecified atom stereocenters. The summed E-state index contributed by atoms with van der Waals surface area (Å²) < 4.78 is 0. The second-order valence-corrected chi connectivity index (χ2v) is 5.94. The van der Waals surface area contributed by atoms with Crippen LogP contribution in [0, 0.1) is 0 Å². The Labute approximate surface area is 115 Å². The maximum absolute atomic E-state index is 12.1. The summed E-state index contributed by atoms with van der Waals surface area (Å²) in [7, 11) is 2.07. The van der Waals surface area contributed by atoms with Crippen LogP contribution in [0.2, 0.25) is 0 Å². The molecule has 1 N–H and O–H groups in total. The Morgan fingerprint density at radius 3 is 2.63 bits per heavy atom. The van der Waals surface area contributed by atoms with Gasteiger partial charge in [-0.2, -0.15) is 0 Å². The minimum atomic E-state index is -0.0284. The molecular weight excluding hydrogens is 236 g/mol. The van der Waals surface area contributed by atoms with E-state index in [-0.39, 0.29) is 11.9 Å². The van der Waals surface area contributed by atoms with Crippen LogP contribution in [-0.4, -0.2) is 36.0 Å². The number of benzene rings is 1. The van der Waals surface area contributed by atoms with Gasteiger partial charge in [-0.1, -0.05) is 30.3 Å². The van der Waals surface area contributed by atoms with Crippen LogP contribution in [-0.2, 0) is 4.79 Å². The summed E-state index contributed by atoms with van der Waals surface area (Å²) in [6.07, 6.45) is 3.47. The van der Waals surface area contributed by atoms with E-state index in [0.717, 1.165) is 12.8 Å². The highest BCUT2D eigenvalue weighted by Gasteiger charge is 2.44. The Bertz CT molecular complexity index is 455. The molecule has 0 saturated heterocycles. The summed E-state index contributed by atoms with van der Waals surface area (Å²) in [5.74, 6) is 0.783. The number of carbonyl (C=O) groups is 1. The number of rotatable bonds is 5. The van der Waals surface area contributed by atoms with Gasteiger partial charge < -0.3 is 5.32 Å². The van der Waals surface area contributed by atoms with Gasteiger partial charge in [0.05, 0.1) is 6.04 Å². The van der Waals surface area contributed by atoms with Crippen molar-refractivity contribution in [2.75, 3.05) is 7.05 Å². The van der Waals surface area contributed by atoms with Crippen LogP contribution in [0.25, 0.3) is 0 Å². The van der Waals surface area contributed by atoms with E-state index < -0.39 is 0 Å². The van der Waals surface area contributed by atoms with E-state index in [1.54, 1.807) is 0 Å². The summed E-state index contributed by atoms with van der Waals surface area (Å²) in [5.41, 5.74) is 1.40. The first-order valence-corrected chi connectivity index (χ1v) is 7.24. The fourth-order valence-corrected chi connectivity index (χ4v) is 2.71. The largest absolute Gasteiger partial charge is 0.352 e. The predicted molar refractivity (Wildman–Crippen MR) is 76.0 cm³/mol. The Balaban J connectivity index is 1.56. The lowest BCUT2D eigenvalue weighted by atomic mass is 10.1. The third kappa shape index (κ3) is 2.81. The average Bonchev–Trinajstić information content (AvgIpc) is 3.31. The van der Waals surface area contributed by atoms with Gasteiger partial charge >= 0.3 is 0 Å². The van der Waals surface area contributed by atoms with E-state index >= 15 is 0 Å². The minimum Gasteiger partial charge on any atom is -0.352 e. The first-order chi connectivity index (χ1) is 9.16. The highest BCUT2D eigenvalue weighted by molar-refractivity contribution is 5.82. The maximum Gasteiger partial charge on any atom is 0.237 e. The zero-order chi connectivity index (χ0) is 13.4. The zero-order valence-electron chi connectivity index (χ0n) is 11.7. The molecule has 2 saturated carbocycles. The minimum absolute atomic E-state index is 0.0284. The Hall–Kier alpha value is -1.35. The number of hydrogen-bond donors (Lipinski definition) is 1. The van der Waals surface area contributed by atoms with Crippen molar-refractivity contribution >= 4 is 5.91 Å². The van der Waals surface area contributed by atoms with Crippen molar-refractivity contribution in [2.45, 2.75) is 50.2 Å². The van der Waals surface area contributed by atoms with Gasteiger partial charge in [-0.15, -0.1) is 0 Å². The number of nitrogens with zero attached hydrogens (tertiary/aromatic N) is 1. The molecule has 2 fully saturated rings. The number of amides is 1. The molecule has 2 aliphatic rings. The highest BCUT2D eigenvalue weighted by atomic mass is 16.2. The summed E-state index contributed by atoms with van der Waals surface area (Å²) in [5, 5.41) is 3.09. The summed E-state index contributed by atoms with van der Waals surface area (Å²) >= 11 is 0. The van der Waals surface area contributed by atoms with Crippen molar-refractivity contribution in [3.05, 3.63) is 35.9 Å². The molecule has 0 aliphatic heterocycles.